The molecule has 0 amide bonds. The Morgan fingerprint density at radius 3 is 1.62 bits per heavy atom. The third kappa shape index (κ3) is 3.02. The van der Waals surface area contributed by atoms with Crippen LogP contribution in [0.4, 0.5) is 17.1 Å². The number of para-hydroxylation sites is 1. The molecule has 39 heavy (non-hydrogen) atoms. The Kier molecular flexibility index (Phi) is 4.86. The predicted molar refractivity (Wildman–Crippen MR) is 162 cm³/mol. The molecule has 0 atom stereocenters. The highest BCUT2D eigenvalue weighted by Crippen LogP contribution is 2.64. The van der Waals surface area contributed by atoms with Gasteiger partial charge in [-0.05, 0) is 75.3 Å². The third-order valence-electron chi connectivity index (χ3n) is 8.32. The molecule has 6 aromatic rings. The van der Waals surface area contributed by atoms with E-state index in [9.17, 15) is 0 Å². The zero-order chi connectivity index (χ0) is 26.0. The van der Waals surface area contributed by atoms with E-state index in [1.165, 1.54) is 44.5 Å². The molecular formula is C37H24ClN. The average molecular weight is 518 g/mol. The first-order valence-electron chi connectivity index (χ1n) is 13.3. The molecule has 0 aromatic heterocycles. The summed E-state index contributed by atoms with van der Waals surface area (Å²) >= 11 is 6.55. The number of benzene rings is 6. The van der Waals surface area contributed by atoms with Gasteiger partial charge >= 0.3 is 0 Å². The van der Waals surface area contributed by atoms with Gasteiger partial charge in [-0.2, -0.15) is 0 Å². The zero-order valence-corrected chi connectivity index (χ0v) is 21.9. The van der Waals surface area contributed by atoms with Crippen LogP contribution in [0.2, 0.25) is 5.02 Å². The van der Waals surface area contributed by atoms with Crippen molar-refractivity contribution in [1.82, 2.24) is 0 Å². The Labute approximate surface area is 233 Å². The summed E-state index contributed by atoms with van der Waals surface area (Å²) in [5.74, 6) is 0. The van der Waals surface area contributed by atoms with Crippen molar-refractivity contribution < 1.29 is 0 Å². The van der Waals surface area contributed by atoms with Crippen LogP contribution in [0, 0.1) is 0 Å². The first-order valence-corrected chi connectivity index (χ1v) is 13.7. The average Bonchev–Trinajstić information content (AvgIpc) is 3.46. The zero-order valence-electron chi connectivity index (χ0n) is 21.2. The van der Waals surface area contributed by atoms with Gasteiger partial charge in [0, 0.05) is 22.0 Å². The van der Waals surface area contributed by atoms with Gasteiger partial charge in [0.25, 0.3) is 0 Å². The Morgan fingerprint density at radius 2 is 0.949 bits per heavy atom. The maximum atomic E-state index is 6.55. The number of fused-ring (bicyclic) bond motifs is 10. The molecule has 2 heteroatoms. The highest BCUT2D eigenvalue weighted by atomic mass is 35.5. The van der Waals surface area contributed by atoms with Crippen molar-refractivity contribution in [2.45, 2.75) is 5.41 Å². The van der Waals surface area contributed by atoms with Gasteiger partial charge in [-0.15, -0.1) is 0 Å². The summed E-state index contributed by atoms with van der Waals surface area (Å²) in [5, 5.41) is 0.719. The third-order valence-corrected chi connectivity index (χ3v) is 8.56. The fourth-order valence-electron chi connectivity index (χ4n) is 6.93. The molecule has 0 fully saturated rings. The van der Waals surface area contributed by atoms with Crippen LogP contribution in [-0.2, 0) is 5.41 Å². The molecule has 6 aromatic carbocycles. The topological polar surface area (TPSA) is 3.24 Å². The lowest BCUT2D eigenvalue weighted by atomic mass is 9.70. The molecule has 1 nitrogen and oxygen atoms in total. The molecule has 1 spiro atoms. The quantitative estimate of drug-likeness (QED) is 0.225. The van der Waals surface area contributed by atoms with E-state index in [1.54, 1.807) is 0 Å². The van der Waals surface area contributed by atoms with Gasteiger partial charge in [-0.1, -0.05) is 121 Å². The van der Waals surface area contributed by atoms with E-state index >= 15 is 0 Å². The Morgan fingerprint density at radius 1 is 0.436 bits per heavy atom. The summed E-state index contributed by atoms with van der Waals surface area (Å²) in [5.41, 5.74) is 13.4. The van der Waals surface area contributed by atoms with Crippen LogP contribution in [0.15, 0.2) is 146 Å². The number of nitrogens with zero attached hydrogens (tertiary/aromatic N) is 1. The fourth-order valence-corrected chi connectivity index (χ4v) is 7.11. The van der Waals surface area contributed by atoms with Gasteiger partial charge in [0.2, 0.25) is 0 Å². The van der Waals surface area contributed by atoms with Crippen molar-refractivity contribution in [2.24, 2.45) is 0 Å². The van der Waals surface area contributed by atoms with Crippen molar-refractivity contribution in [3.05, 3.63) is 173 Å². The lowest BCUT2D eigenvalue weighted by molar-refractivity contribution is 0.794. The van der Waals surface area contributed by atoms with Crippen LogP contribution in [0.5, 0.6) is 0 Å². The molecule has 2 aliphatic rings. The summed E-state index contributed by atoms with van der Waals surface area (Å²) < 4.78 is 0. The minimum atomic E-state index is -0.369. The van der Waals surface area contributed by atoms with Gasteiger partial charge in [-0.3, -0.25) is 0 Å². The van der Waals surface area contributed by atoms with Gasteiger partial charge in [-0.25, -0.2) is 0 Å². The summed E-state index contributed by atoms with van der Waals surface area (Å²) in [6.45, 7) is 0. The van der Waals surface area contributed by atoms with Crippen molar-refractivity contribution in [3.8, 4) is 22.3 Å². The van der Waals surface area contributed by atoms with E-state index in [4.69, 9.17) is 11.6 Å². The number of hydrogen-bond acceptors (Lipinski definition) is 1. The van der Waals surface area contributed by atoms with Crippen molar-refractivity contribution in [3.63, 3.8) is 0 Å². The molecule has 0 saturated heterocycles. The van der Waals surface area contributed by atoms with E-state index in [2.05, 4.69) is 132 Å². The van der Waals surface area contributed by atoms with Gasteiger partial charge < -0.3 is 4.90 Å². The van der Waals surface area contributed by atoms with Crippen molar-refractivity contribution in [2.75, 3.05) is 4.90 Å². The molecule has 0 radical (unpaired) electrons. The minimum Gasteiger partial charge on any atom is -0.310 e. The van der Waals surface area contributed by atoms with Crippen LogP contribution >= 0.6 is 11.6 Å². The molecule has 0 unspecified atom stereocenters. The second-order valence-corrected chi connectivity index (χ2v) is 10.7. The van der Waals surface area contributed by atoms with Crippen LogP contribution in [0.3, 0.4) is 0 Å². The normalized spacial score (nSPS) is 13.5. The summed E-state index contributed by atoms with van der Waals surface area (Å²) in [6, 6.07) is 52.3. The highest BCUT2D eigenvalue weighted by molar-refractivity contribution is 6.30. The van der Waals surface area contributed by atoms with Crippen molar-refractivity contribution in [1.29, 1.82) is 0 Å². The molecule has 0 N–H and O–H groups in total. The van der Waals surface area contributed by atoms with Gasteiger partial charge in [0.05, 0.1) is 11.1 Å². The second-order valence-electron chi connectivity index (χ2n) is 10.2. The molecule has 0 bridgehead atoms. The fraction of sp³-hybridized carbons (Fsp3) is 0.0270. The molecular weight excluding hydrogens is 494 g/mol. The SMILES string of the molecule is Clc1cccc(N(c2ccccc2)c2cccc3c2-c2ccccc2C32c3ccccc3-c3ccccc32)c1. The molecule has 2 aliphatic carbocycles. The lowest BCUT2D eigenvalue weighted by Gasteiger charge is -2.31. The van der Waals surface area contributed by atoms with Crippen LogP contribution in [0.1, 0.15) is 22.3 Å². The Balaban J connectivity index is 1.50. The molecule has 0 heterocycles. The van der Waals surface area contributed by atoms with Crippen molar-refractivity contribution >= 4 is 28.7 Å². The summed E-state index contributed by atoms with van der Waals surface area (Å²) in [6.07, 6.45) is 0. The standard InChI is InChI=1S/C37H24ClN/c38-25-12-10-15-27(24-25)39(26-13-2-1-3-14-26)35-23-11-22-34-36(35)30-18-6-9-21-33(30)37(34)31-19-7-4-16-28(31)29-17-5-8-20-32(29)37/h1-24H. The van der Waals surface area contributed by atoms with E-state index < -0.39 is 0 Å². The summed E-state index contributed by atoms with van der Waals surface area (Å²) in [4.78, 5) is 2.34. The first-order chi connectivity index (χ1) is 19.3. The maximum Gasteiger partial charge on any atom is 0.0726 e. The van der Waals surface area contributed by atoms with E-state index in [1.807, 2.05) is 18.2 Å². The number of halogens is 1. The lowest BCUT2D eigenvalue weighted by Crippen LogP contribution is -2.26. The monoisotopic (exact) mass is 517 g/mol. The first kappa shape index (κ1) is 22.4. The van der Waals surface area contributed by atoms with Crippen LogP contribution in [0.25, 0.3) is 22.3 Å². The minimum absolute atomic E-state index is 0.369. The Bertz CT molecular complexity index is 1840. The summed E-state index contributed by atoms with van der Waals surface area (Å²) in [7, 11) is 0. The number of hydrogen-bond donors (Lipinski definition) is 0. The van der Waals surface area contributed by atoms with Crippen LogP contribution < -0.4 is 4.90 Å². The largest absolute Gasteiger partial charge is 0.310 e. The van der Waals surface area contributed by atoms with Gasteiger partial charge in [0.1, 0.15) is 0 Å². The van der Waals surface area contributed by atoms with Gasteiger partial charge in [0.15, 0.2) is 0 Å². The number of rotatable bonds is 3. The second kappa shape index (κ2) is 8.46. The van der Waals surface area contributed by atoms with E-state index in [0.29, 0.717) is 0 Å². The van der Waals surface area contributed by atoms with E-state index in [-0.39, 0.29) is 5.41 Å². The predicted octanol–water partition coefficient (Wildman–Crippen LogP) is 10.2. The Hall–Kier alpha value is -4.59. The maximum absolute atomic E-state index is 6.55. The highest BCUT2D eigenvalue weighted by Gasteiger charge is 2.52. The molecule has 0 saturated carbocycles. The molecule has 8 rings (SSSR count). The number of anilines is 3. The smallest absolute Gasteiger partial charge is 0.0726 e. The van der Waals surface area contributed by atoms with Crippen LogP contribution in [-0.4, -0.2) is 0 Å². The molecule has 0 aliphatic heterocycles. The van der Waals surface area contributed by atoms with E-state index in [0.717, 1.165) is 22.1 Å². The molecule has 184 valence electrons.